The van der Waals surface area contributed by atoms with Crippen molar-refractivity contribution in [1.82, 2.24) is 5.32 Å². The van der Waals surface area contributed by atoms with E-state index in [9.17, 15) is 0 Å². The van der Waals surface area contributed by atoms with E-state index >= 15 is 0 Å². The standard InChI is InChI=1S/C11H12N2/c1-12-10-5-3-4-8-9(10)6-7-11(8)13-2/h3-5,11,13H,6-7H2,2H3/t11-/m1/s1. The third kappa shape index (κ3) is 1.22. The molecule has 0 fully saturated rings. The Morgan fingerprint density at radius 1 is 1.54 bits per heavy atom. The first-order valence-electron chi connectivity index (χ1n) is 4.53. The van der Waals surface area contributed by atoms with Crippen LogP contribution >= 0.6 is 0 Å². The van der Waals surface area contributed by atoms with Crippen molar-refractivity contribution >= 4 is 5.69 Å². The van der Waals surface area contributed by atoms with E-state index in [4.69, 9.17) is 6.57 Å². The molecule has 0 bridgehead atoms. The van der Waals surface area contributed by atoms with Crippen LogP contribution in [0.1, 0.15) is 23.6 Å². The summed E-state index contributed by atoms with van der Waals surface area (Å²) >= 11 is 0. The van der Waals surface area contributed by atoms with Gasteiger partial charge in [0.1, 0.15) is 0 Å². The van der Waals surface area contributed by atoms with Gasteiger partial charge in [-0.15, -0.1) is 0 Å². The van der Waals surface area contributed by atoms with Gasteiger partial charge >= 0.3 is 0 Å². The fourth-order valence-electron chi connectivity index (χ4n) is 2.04. The van der Waals surface area contributed by atoms with Crippen LogP contribution in [0.4, 0.5) is 5.69 Å². The van der Waals surface area contributed by atoms with Gasteiger partial charge < -0.3 is 5.32 Å². The first-order valence-corrected chi connectivity index (χ1v) is 4.53. The van der Waals surface area contributed by atoms with Crippen molar-refractivity contribution in [2.45, 2.75) is 18.9 Å². The smallest absolute Gasteiger partial charge is 0.190 e. The fourth-order valence-corrected chi connectivity index (χ4v) is 2.04. The highest BCUT2D eigenvalue weighted by molar-refractivity contribution is 5.58. The monoisotopic (exact) mass is 172 g/mol. The molecule has 0 heterocycles. The summed E-state index contributed by atoms with van der Waals surface area (Å²) in [4.78, 5) is 3.53. The topological polar surface area (TPSA) is 16.4 Å². The summed E-state index contributed by atoms with van der Waals surface area (Å²) in [6.07, 6.45) is 2.16. The zero-order valence-corrected chi connectivity index (χ0v) is 7.67. The van der Waals surface area contributed by atoms with Gasteiger partial charge in [0.2, 0.25) is 0 Å². The number of nitrogens with one attached hydrogen (secondary N) is 1. The van der Waals surface area contributed by atoms with Crippen molar-refractivity contribution in [2.24, 2.45) is 0 Å². The molecule has 0 unspecified atom stereocenters. The van der Waals surface area contributed by atoms with Crippen LogP contribution in [0.5, 0.6) is 0 Å². The predicted octanol–water partition coefficient (Wildman–Crippen LogP) is 2.44. The molecule has 2 nitrogen and oxygen atoms in total. The van der Waals surface area contributed by atoms with E-state index in [-0.39, 0.29) is 0 Å². The normalized spacial score (nSPS) is 19.5. The maximum Gasteiger partial charge on any atom is 0.190 e. The summed E-state index contributed by atoms with van der Waals surface area (Å²) in [5.41, 5.74) is 3.39. The lowest BCUT2D eigenvalue weighted by molar-refractivity contribution is 0.590. The van der Waals surface area contributed by atoms with E-state index in [1.54, 1.807) is 0 Å². The second-order valence-corrected chi connectivity index (χ2v) is 3.34. The molecule has 0 radical (unpaired) electrons. The second-order valence-electron chi connectivity index (χ2n) is 3.34. The van der Waals surface area contributed by atoms with E-state index in [0.29, 0.717) is 6.04 Å². The number of hydrogen-bond donors (Lipinski definition) is 1. The second kappa shape index (κ2) is 3.20. The molecule has 0 aromatic heterocycles. The molecule has 2 heteroatoms. The number of nitrogens with zero attached hydrogens (tertiary/aromatic N) is 1. The van der Waals surface area contributed by atoms with Gasteiger partial charge in [0.15, 0.2) is 5.69 Å². The van der Waals surface area contributed by atoms with Gasteiger partial charge in [-0.25, -0.2) is 4.85 Å². The molecule has 1 N–H and O–H groups in total. The highest BCUT2D eigenvalue weighted by atomic mass is 14.9. The lowest BCUT2D eigenvalue weighted by Gasteiger charge is -2.09. The molecule has 0 amide bonds. The van der Waals surface area contributed by atoms with E-state index in [2.05, 4.69) is 16.2 Å². The third-order valence-corrected chi connectivity index (χ3v) is 2.71. The minimum absolute atomic E-state index is 0.455. The van der Waals surface area contributed by atoms with Crippen LogP contribution in [0, 0.1) is 6.57 Å². The fraction of sp³-hybridized carbons (Fsp3) is 0.364. The van der Waals surface area contributed by atoms with Gasteiger partial charge in [-0.2, -0.15) is 0 Å². The molecule has 0 spiro atoms. The van der Waals surface area contributed by atoms with Gasteiger partial charge in [0.25, 0.3) is 0 Å². The summed E-state index contributed by atoms with van der Waals surface area (Å²) in [6, 6.07) is 6.46. The SMILES string of the molecule is [C-]#[N+]c1cccc2c1CC[C@H]2NC. The summed E-state index contributed by atoms with van der Waals surface area (Å²) in [6.45, 7) is 7.04. The molecule has 1 aliphatic carbocycles. The molecule has 66 valence electrons. The number of rotatable bonds is 1. The van der Waals surface area contributed by atoms with Crippen molar-refractivity contribution in [3.05, 3.63) is 40.7 Å². The Bertz CT molecular complexity index is 363. The molecule has 1 aromatic carbocycles. The van der Waals surface area contributed by atoms with Gasteiger partial charge in [-0.3, -0.25) is 0 Å². The van der Waals surface area contributed by atoms with E-state index < -0.39 is 0 Å². The van der Waals surface area contributed by atoms with Crippen molar-refractivity contribution in [2.75, 3.05) is 7.05 Å². The quantitative estimate of drug-likeness (QED) is 0.643. The Morgan fingerprint density at radius 3 is 3.08 bits per heavy atom. The molecule has 0 saturated carbocycles. The Labute approximate surface area is 78.4 Å². The molecule has 1 aromatic rings. The number of benzene rings is 1. The van der Waals surface area contributed by atoms with Gasteiger partial charge in [0.05, 0.1) is 6.57 Å². The van der Waals surface area contributed by atoms with Crippen LogP contribution < -0.4 is 5.32 Å². The molecule has 2 rings (SSSR count). The molecule has 0 saturated heterocycles. The summed E-state index contributed by atoms with van der Waals surface area (Å²) in [5, 5.41) is 3.27. The summed E-state index contributed by atoms with van der Waals surface area (Å²) in [7, 11) is 1.98. The maximum atomic E-state index is 7.04. The molecular formula is C11H12N2. The van der Waals surface area contributed by atoms with Gasteiger partial charge in [-0.1, -0.05) is 18.2 Å². The van der Waals surface area contributed by atoms with Crippen molar-refractivity contribution < 1.29 is 0 Å². The van der Waals surface area contributed by atoms with Crippen LogP contribution in [0.15, 0.2) is 18.2 Å². The Morgan fingerprint density at radius 2 is 2.38 bits per heavy atom. The molecule has 13 heavy (non-hydrogen) atoms. The zero-order chi connectivity index (χ0) is 9.26. The van der Waals surface area contributed by atoms with Crippen LogP contribution in [-0.4, -0.2) is 7.05 Å². The Balaban J connectivity index is 2.50. The van der Waals surface area contributed by atoms with Crippen molar-refractivity contribution in [1.29, 1.82) is 0 Å². The average Bonchev–Trinajstić information content (AvgIpc) is 2.60. The first-order chi connectivity index (χ1) is 6.36. The van der Waals surface area contributed by atoms with Crippen LogP contribution in [0.2, 0.25) is 0 Å². The lowest BCUT2D eigenvalue weighted by Crippen LogP contribution is -2.12. The van der Waals surface area contributed by atoms with Crippen LogP contribution in [0.25, 0.3) is 4.85 Å². The molecule has 1 atom stereocenters. The average molecular weight is 172 g/mol. The highest BCUT2D eigenvalue weighted by Crippen LogP contribution is 2.36. The van der Waals surface area contributed by atoms with Crippen molar-refractivity contribution in [3.8, 4) is 0 Å². The lowest BCUT2D eigenvalue weighted by atomic mass is 10.1. The first kappa shape index (κ1) is 8.28. The van der Waals surface area contributed by atoms with Crippen LogP contribution in [0.3, 0.4) is 0 Å². The molecule has 0 aliphatic heterocycles. The number of hydrogen-bond acceptors (Lipinski definition) is 1. The largest absolute Gasteiger partial charge is 0.313 e. The Hall–Kier alpha value is -1.33. The van der Waals surface area contributed by atoms with Crippen LogP contribution in [-0.2, 0) is 6.42 Å². The Kier molecular flexibility index (Phi) is 2.03. The van der Waals surface area contributed by atoms with E-state index in [1.807, 2.05) is 19.2 Å². The summed E-state index contributed by atoms with van der Waals surface area (Å²) in [5.74, 6) is 0. The molecule has 1 aliphatic rings. The predicted molar refractivity (Wildman–Crippen MR) is 52.8 cm³/mol. The van der Waals surface area contributed by atoms with Crippen molar-refractivity contribution in [3.63, 3.8) is 0 Å². The third-order valence-electron chi connectivity index (χ3n) is 2.71. The molecular weight excluding hydrogens is 160 g/mol. The van der Waals surface area contributed by atoms with E-state index in [1.165, 1.54) is 11.1 Å². The highest BCUT2D eigenvalue weighted by Gasteiger charge is 2.22. The minimum Gasteiger partial charge on any atom is -0.313 e. The zero-order valence-electron chi connectivity index (χ0n) is 7.67. The minimum atomic E-state index is 0.455. The maximum absolute atomic E-state index is 7.04. The summed E-state index contributed by atoms with van der Waals surface area (Å²) < 4.78 is 0. The number of fused-ring (bicyclic) bond motifs is 1. The van der Waals surface area contributed by atoms with E-state index in [0.717, 1.165) is 18.5 Å². The van der Waals surface area contributed by atoms with Gasteiger partial charge in [-0.05, 0) is 31.0 Å². The van der Waals surface area contributed by atoms with Gasteiger partial charge in [0, 0.05) is 6.04 Å².